The van der Waals surface area contributed by atoms with Crippen molar-refractivity contribution in [3.8, 4) is 0 Å². The maximum atomic E-state index is 5.96. The molecule has 1 aliphatic rings. The van der Waals surface area contributed by atoms with Crippen LogP contribution >= 0.6 is 35.3 Å². The van der Waals surface area contributed by atoms with Crippen LogP contribution in [0.5, 0.6) is 0 Å². The summed E-state index contributed by atoms with van der Waals surface area (Å²) < 4.78 is 0. The molecule has 126 valence electrons. The van der Waals surface area contributed by atoms with Gasteiger partial charge in [-0.15, -0.1) is 35.3 Å². The van der Waals surface area contributed by atoms with Crippen molar-refractivity contribution >= 4 is 41.3 Å². The molecule has 1 aromatic heterocycles. The van der Waals surface area contributed by atoms with Gasteiger partial charge in [-0.3, -0.25) is 9.89 Å². The summed E-state index contributed by atoms with van der Waals surface area (Å²) in [4.78, 5) is 8.47. The Balaban J connectivity index is 0.00000242. The van der Waals surface area contributed by atoms with E-state index in [9.17, 15) is 0 Å². The lowest BCUT2D eigenvalue weighted by molar-refractivity contribution is 0.231. The zero-order chi connectivity index (χ0) is 15.1. The van der Waals surface area contributed by atoms with Crippen LogP contribution in [-0.4, -0.2) is 43.1 Å². The van der Waals surface area contributed by atoms with Crippen molar-refractivity contribution in [1.29, 1.82) is 0 Å². The van der Waals surface area contributed by atoms with Crippen molar-refractivity contribution < 1.29 is 0 Å². The van der Waals surface area contributed by atoms with Crippen LogP contribution in [-0.2, 0) is 6.42 Å². The normalized spacial score (nSPS) is 19.4. The number of nitrogens with two attached hydrogens (primary N) is 1. The molecule has 0 aromatic carbocycles. The fraction of sp³-hybridized carbons (Fsp3) is 0.688. The van der Waals surface area contributed by atoms with E-state index in [1.165, 1.54) is 30.8 Å². The molecule has 1 atom stereocenters. The van der Waals surface area contributed by atoms with E-state index >= 15 is 0 Å². The highest BCUT2D eigenvalue weighted by Gasteiger charge is 2.24. The Morgan fingerprint density at radius 2 is 2.36 bits per heavy atom. The summed E-state index contributed by atoms with van der Waals surface area (Å²) in [6.07, 6.45) is 3.55. The number of hydrogen-bond donors (Lipinski definition) is 2. The van der Waals surface area contributed by atoms with Gasteiger partial charge < -0.3 is 11.1 Å². The Labute approximate surface area is 155 Å². The minimum absolute atomic E-state index is 0. The van der Waals surface area contributed by atoms with E-state index in [1.807, 2.05) is 0 Å². The van der Waals surface area contributed by atoms with Crippen LogP contribution in [0.2, 0.25) is 0 Å². The molecule has 1 aromatic rings. The van der Waals surface area contributed by atoms with Gasteiger partial charge in [0.25, 0.3) is 0 Å². The van der Waals surface area contributed by atoms with Gasteiger partial charge in [0.2, 0.25) is 0 Å². The van der Waals surface area contributed by atoms with Gasteiger partial charge in [0, 0.05) is 24.0 Å². The molecule has 0 spiro atoms. The van der Waals surface area contributed by atoms with E-state index in [4.69, 9.17) is 5.73 Å². The molecule has 0 bridgehead atoms. The zero-order valence-electron chi connectivity index (χ0n) is 13.6. The molecule has 1 saturated heterocycles. The van der Waals surface area contributed by atoms with Crippen LogP contribution in [0.25, 0.3) is 0 Å². The molecule has 4 nitrogen and oxygen atoms in total. The Hall–Kier alpha value is -0.340. The van der Waals surface area contributed by atoms with E-state index in [1.54, 1.807) is 11.3 Å². The van der Waals surface area contributed by atoms with E-state index in [0.29, 0.717) is 12.0 Å². The predicted molar refractivity (Wildman–Crippen MR) is 107 cm³/mol. The molecule has 1 fully saturated rings. The van der Waals surface area contributed by atoms with Crippen LogP contribution < -0.4 is 11.1 Å². The molecule has 2 rings (SSSR count). The van der Waals surface area contributed by atoms with Crippen LogP contribution in [0, 0.1) is 5.92 Å². The number of rotatable bonds is 7. The first-order valence-electron chi connectivity index (χ1n) is 7.95. The second-order valence-corrected chi connectivity index (χ2v) is 7.20. The van der Waals surface area contributed by atoms with Crippen molar-refractivity contribution in [1.82, 2.24) is 10.2 Å². The molecule has 0 aliphatic carbocycles. The molecule has 22 heavy (non-hydrogen) atoms. The lowest BCUT2D eigenvalue weighted by Gasteiger charge is -2.24. The molecular formula is C16H29IN4S. The smallest absolute Gasteiger partial charge is 0.188 e. The maximum Gasteiger partial charge on any atom is 0.188 e. The molecule has 0 amide bonds. The van der Waals surface area contributed by atoms with Crippen LogP contribution in [0.4, 0.5) is 0 Å². The van der Waals surface area contributed by atoms with Gasteiger partial charge in [0.05, 0.1) is 6.54 Å². The van der Waals surface area contributed by atoms with Crippen LogP contribution in [0.1, 0.15) is 31.6 Å². The summed E-state index contributed by atoms with van der Waals surface area (Å²) >= 11 is 1.79. The van der Waals surface area contributed by atoms with E-state index < -0.39 is 0 Å². The number of likely N-dealkylation sites (tertiary alicyclic amines) is 1. The number of halogens is 1. The van der Waals surface area contributed by atoms with E-state index in [-0.39, 0.29) is 24.0 Å². The Kier molecular flexibility index (Phi) is 9.35. The molecule has 3 N–H and O–H groups in total. The Morgan fingerprint density at radius 1 is 1.55 bits per heavy atom. The number of nitrogens with zero attached hydrogens (tertiary/aromatic N) is 2. The molecular weight excluding hydrogens is 407 g/mol. The molecule has 6 heteroatoms. The highest BCUT2D eigenvalue weighted by molar-refractivity contribution is 14.0. The van der Waals surface area contributed by atoms with Crippen LogP contribution in [0.3, 0.4) is 0 Å². The average Bonchev–Trinajstić information content (AvgIpc) is 3.07. The van der Waals surface area contributed by atoms with Gasteiger partial charge in [-0.25, -0.2) is 0 Å². The fourth-order valence-corrected chi connectivity index (χ4v) is 3.55. The third kappa shape index (κ3) is 6.83. The van der Waals surface area contributed by atoms with Gasteiger partial charge in [-0.05, 0) is 43.2 Å². The number of guanidine groups is 1. The maximum absolute atomic E-state index is 5.96. The lowest BCUT2D eigenvalue weighted by atomic mass is 10.2. The third-order valence-corrected chi connectivity index (χ3v) is 4.76. The first-order valence-corrected chi connectivity index (χ1v) is 8.83. The highest BCUT2D eigenvalue weighted by atomic mass is 127. The number of nitrogens with one attached hydrogen (secondary N) is 1. The quantitative estimate of drug-likeness (QED) is 0.393. The van der Waals surface area contributed by atoms with Gasteiger partial charge in [0.1, 0.15) is 0 Å². The summed E-state index contributed by atoms with van der Waals surface area (Å²) in [7, 11) is 0. The molecule has 0 saturated carbocycles. The second kappa shape index (κ2) is 10.4. The SMILES string of the molecule is CC(C)CN1CCC[C@H]1CN=C(N)NCCc1cccs1.I. The summed E-state index contributed by atoms with van der Waals surface area (Å²) in [6.45, 7) is 8.62. The summed E-state index contributed by atoms with van der Waals surface area (Å²) in [6, 6.07) is 4.81. The monoisotopic (exact) mass is 436 g/mol. The molecule has 0 unspecified atom stereocenters. The van der Waals surface area contributed by atoms with Crippen molar-refractivity contribution in [2.75, 3.05) is 26.2 Å². The average molecular weight is 436 g/mol. The second-order valence-electron chi connectivity index (χ2n) is 6.17. The van der Waals surface area contributed by atoms with Gasteiger partial charge in [0.15, 0.2) is 5.96 Å². The first kappa shape index (κ1) is 19.7. The summed E-state index contributed by atoms with van der Waals surface area (Å²) in [5.41, 5.74) is 5.96. The topological polar surface area (TPSA) is 53.6 Å². The zero-order valence-corrected chi connectivity index (χ0v) is 16.8. The van der Waals surface area contributed by atoms with Crippen molar-refractivity contribution in [2.24, 2.45) is 16.6 Å². The minimum Gasteiger partial charge on any atom is -0.370 e. The predicted octanol–water partition coefficient (Wildman–Crippen LogP) is 2.93. The van der Waals surface area contributed by atoms with Crippen molar-refractivity contribution in [2.45, 2.75) is 39.2 Å². The lowest BCUT2D eigenvalue weighted by Crippen LogP contribution is -2.37. The standard InChI is InChI=1S/C16H28N4S.HI/c1-13(2)12-20-9-3-5-14(20)11-19-16(17)18-8-7-15-6-4-10-21-15;/h4,6,10,13-14H,3,5,7-9,11-12H2,1-2H3,(H3,17,18,19);1H/t14-;/m0./s1. The summed E-state index contributed by atoms with van der Waals surface area (Å²) in [5.74, 6) is 1.30. The number of aliphatic imine (C=N–C) groups is 1. The van der Waals surface area contributed by atoms with Crippen molar-refractivity contribution in [3.05, 3.63) is 22.4 Å². The highest BCUT2D eigenvalue weighted by Crippen LogP contribution is 2.18. The number of hydrogen-bond acceptors (Lipinski definition) is 3. The molecule has 0 radical (unpaired) electrons. The Bertz CT molecular complexity index is 433. The molecule has 2 heterocycles. The van der Waals surface area contributed by atoms with Gasteiger partial charge in [-0.1, -0.05) is 19.9 Å². The molecule has 1 aliphatic heterocycles. The fourth-order valence-electron chi connectivity index (χ4n) is 2.84. The van der Waals surface area contributed by atoms with Gasteiger partial charge >= 0.3 is 0 Å². The Morgan fingerprint density at radius 3 is 3.05 bits per heavy atom. The summed E-state index contributed by atoms with van der Waals surface area (Å²) in [5, 5.41) is 5.32. The van der Waals surface area contributed by atoms with Crippen molar-refractivity contribution in [3.63, 3.8) is 0 Å². The third-order valence-electron chi connectivity index (χ3n) is 3.83. The van der Waals surface area contributed by atoms with E-state index in [2.05, 4.69) is 46.6 Å². The van der Waals surface area contributed by atoms with E-state index in [0.717, 1.165) is 25.4 Å². The largest absolute Gasteiger partial charge is 0.370 e. The van der Waals surface area contributed by atoms with Gasteiger partial charge in [-0.2, -0.15) is 0 Å². The van der Waals surface area contributed by atoms with Crippen LogP contribution in [0.15, 0.2) is 22.5 Å². The first-order chi connectivity index (χ1) is 10.1. The number of thiophene rings is 1. The minimum atomic E-state index is 0.